The predicted molar refractivity (Wildman–Crippen MR) is 286 cm³/mol. The number of ether oxygens (including phenoxy) is 2. The van der Waals surface area contributed by atoms with E-state index in [1.54, 1.807) is 12.1 Å². The van der Waals surface area contributed by atoms with Crippen LogP contribution >= 0.6 is 15.9 Å². The maximum Gasteiger partial charge on any atom is 0.337 e. The monoisotopic (exact) mass is 1120 g/mol. The van der Waals surface area contributed by atoms with Crippen molar-refractivity contribution in [3.63, 3.8) is 0 Å². The topological polar surface area (TPSA) is 211 Å². The van der Waals surface area contributed by atoms with Gasteiger partial charge in [-0.2, -0.15) is 0 Å². The zero-order chi connectivity index (χ0) is 53.1. The van der Waals surface area contributed by atoms with Crippen LogP contribution in [0.1, 0.15) is 64.5 Å². The first-order valence-corrected chi connectivity index (χ1v) is 29.1. The molecule has 3 heterocycles. The number of Topliss-reactive ketones (excluding diaryl/α,β-unsaturated/α-hetero) is 1. The van der Waals surface area contributed by atoms with Gasteiger partial charge in [-0.3, -0.25) is 4.79 Å². The van der Waals surface area contributed by atoms with Crippen LogP contribution in [0.15, 0.2) is 142 Å². The van der Waals surface area contributed by atoms with Crippen LogP contribution in [0.25, 0.3) is 0 Å². The van der Waals surface area contributed by atoms with Gasteiger partial charge < -0.3 is 29.7 Å². The van der Waals surface area contributed by atoms with Crippen LogP contribution in [0.3, 0.4) is 0 Å². The van der Waals surface area contributed by atoms with Crippen LogP contribution in [0.2, 0.25) is 0 Å². The number of benzene rings is 6. The van der Waals surface area contributed by atoms with Crippen molar-refractivity contribution in [1.29, 1.82) is 0 Å². The molecule has 0 saturated carbocycles. The average molecular weight is 1120 g/mol. The quantitative estimate of drug-likeness (QED) is 0.0796. The molecule has 0 saturated heterocycles. The van der Waals surface area contributed by atoms with E-state index in [9.17, 15) is 39.6 Å². The second-order valence-corrected chi connectivity index (χ2v) is 24.3. The number of hydrogen-bond donors (Lipinski definition) is 2. The number of aliphatic hydroxyl groups excluding tert-OH is 1. The minimum Gasteiger partial charge on any atom is -0.465 e. The first-order chi connectivity index (χ1) is 34.7. The van der Waals surface area contributed by atoms with Gasteiger partial charge in [0.2, 0.25) is 0 Å². The van der Waals surface area contributed by atoms with Crippen molar-refractivity contribution >= 4 is 80.2 Å². The average Bonchev–Trinajstić information content (AvgIpc) is 3.39. The van der Waals surface area contributed by atoms with E-state index in [0.717, 1.165) is 22.0 Å². The van der Waals surface area contributed by atoms with Gasteiger partial charge in [0.1, 0.15) is 6.61 Å². The normalized spacial score (nSPS) is 15.3. The number of ketones is 1. The third-order valence-corrected chi connectivity index (χ3v) is 18.0. The van der Waals surface area contributed by atoms with E-state index in [-0.39, 0.29) is 31.9 Å². The van der Waals surface area contributed by atoms with E-state index in [2.05, 4.69) is 57.2 Å². The fourth-order valence-corrected chi connectivity index (χ4v) is 12.6. The Hall–Kier alpha value is -6.38. The molecule has 3 aliphatic rings. The Morgan fingerprint density at radius 2 is 0.918 bits per heavy atom. The molecule has 0 aliphatic carbocycles. The molecule has 0 amide bonds. The number of methoxy groups -OCH3 is 2. The third-order valence-electron chi connectivity index (χ3n) is 12.1. The Morgan fingerprint density at radius 3 is 1.34 bits per heavy atom. The van der Waals surface area contributed by atoms with Crippen molar-refractivity contribution in [3.05, 3.63) is 177 Å². The van der Waals surface area contributed by atoms with Gasteiger partial charge >= 0.3 is 11.9 Å². The van der Waals surface area contributed by atoms with Crippen molar-refractivity contribution in [2.24, 2.45) is 0 Å². The molecule has 9 rings (SSSR count). The van der Waals surface area contributed by atoms with Crippen molar-refractivity contribution in [2.75, 3.05) is 72.8 Å². The molecular weight excluding hydrogens is 1060 g/mol. The van der Waals surface area contributed by atoms with E-state index in [1.807, 2.05) is 72.2 Å². The first-order valence-electron chi connectivity index (χ1n) is 23.1. The third kappa shape index (κ3) is 14.4. The molecule has 73 heavy (non-hydrogen) atoms. The fraction of sp³-hybridized carbons (Fsp3) is 0.278. The van der Waals surface area contributed by atoms with Crippen LogP contribution < -0.4 is 15.1 Å². The van der Waals surface area contributed by atoms with Gasteiger partial charge in [-0.25, -0.2) is 34.8 Å². The van der Waals surface area contributed by atoms with Gasteiger partial charge in [0, 0.05) is 43.6 Å². The highest BCUT2D eigenvalue weighted by Gasteiger charge is 2.31. The molecule has 19 heteroatoms. The number of carbonyl (C=O) groups is 3. The maximum atomic E-state index is 12.3. The molecule has 0 radical (unpaired) electrons. The summed E-state index contributed by atoms with van der Waals surface area (Å²) in [5.74, 6) is -1.17. The molecule has 386 valence electrons. The SMILES string of the molecule is COC(=O)c1ccc2c(c1)N(Cc1ccc(C)cc1)CCS2(=O)=O.COC(=O)c1ccc2c(c1)NCCS2(=O)=O.Cc1ccc(CBr)cc1.Cc1ccc(CN2CCS(=O)(=O)c3ccc(C(=O)CO)cc32)cc1. The van der Waals surface area contributed by atoms with Gasteiger partial charge in [0.15, 0.2) is 35.3 Å². The molecule has 0 bridgehead atoms. The largest absolute Gasteiger partial charge is 0.465 e. The van der Waals surface area contributed by atoms with E-state index in [0.29, 0.717) is 66.5 Å². The zero-order valence-electron chi connectivity index (χ0n) is 41.1. The summed E-state index contributed by atoms with van der Waals surface area (Å²) in [7, 11) is -7.27. The zero-order valence-corrected chi connectivity index (χ0v) is 45.2. The van der Waals surface area contributed by atoms with Crippen LogP contribution in [0, 0.1) is 20.8 Å². The number of aliphatic hydroxyl groups is 1. The van der Waals surface area contributed by atoms with E-state index in [4.69, 9.17) is 9.84 Å². The summed E-state index contributed by atoms with van der Waals surface area (Å²) in [6, 6.07) is 38.2. The highest BCUT2D eigenvalue weighted by atomic mass is 79.9. The number of esters is 2. The molecule has 0 spiro atoms. The van der Waals surface area contributed by atoms with Crippen LogP contribution in [0.5, 0.6) is 0 Å². The Morgan fingerprint density at radius 1 is 0.534 bits per heavy atom. The molecule has 0 unspecified atom stereocenters. The van der Waals surface area contributed by atoms with Crippen molar-refractivity contribution in [2.45, 2.75) is 53.9 Å². The van der Waals surface area contributed by atoms with Crippen molar-refractivity contribution in [3.8, 4) is 0 Å². The Labute approximate surface area is 436 Å². The van der Waals surface area contributed by atoms with Crippen LogP contribution in [-0.4, -0.2) is 106 Å². The first kappa shape index (κ1) is 55.9. The smallest absolute Gasteiger partial charge is 0.337 e. The second kappa shape index (κ2) is 24.6. The van der Waals surface area contributed by atoms with Gasteiger partial charge in [0.25, 0.3) is 0 Å². The van der Waals surface area contributed by atoms with Gasteiger partial charge in [0.05, 0.1) is 74.4 Å². The van der Waals surface area contributed by atoms with Crippen LogP contribution in [0.4, 0.5) is 17.1 Å². The Kier molecular flexibility index (Phi) is 18.8. The molecule has 0 atom stereocenters. The molecule has 6 aromatic rings. The lowest BCUT2D eigenvalue weighted by molar-refractivity contribution is 0.0592. The fourth-order valence-electron chi connectivity index (χ4n) is 7.93. The summed E-state index contributed by atoms with van der Waals surface area (Å²) in [5, 5.41) is 12.9. The molecular formula is C54H58BrN3O12S3. The number of anilines is 3. The summed E-state index contributed by atoms with van der Waals surface area (Å²) in [6.45, 7) is 7.83. The number of nitrogens with zero attached hydrogens (tertiary/aromatic N) is 2. The standard InChI is InChI=1S/2C18H19NO4S.C10H11NO4S.C8H9Br/c1-13-3-5-14(6-4-13)12-19-9-10-24(21,22)17-8-7-15(11-16(17)19)18(20)23-2;1-13-2-4-14(5-3-13)11-19-8-9-24(22,23)18-7-6-15(10-16(18)19)17(21)12-20;1-15-10(12)7-2-3-9-8(6-7)11-4-5-16(9,13)14;1-7-2-4-8(6-9)5-3-7/h3-8,11H,9-10,12H2,1-2H3;2-7,10,20H,8-9,11-12H2,1H3;2-3,6,11H,4-5H2,1H3;2-5H,6H2,1H3. The number of carbonyl (C=O) groups excluding carboxylic acids is 3. The van der Waals surface area contributed by atoms with Gasteiger partial charge in [-0.15, -0.1) is 0 Å². The Balaban J connectivity index is 0.000000167. The summed E-state index contributed by atoms with van der Waals surface area (Å²) < 4.78 is 81.9. The molecule has 6 aromatic carbocycles. The molecule has 3 aliphatic heterocycles. The summed E-state index contributed by atoms with van der Waals surface area (Å²) in [6.07, 6.45) is 0. The number of nitrogens with one attached hydrogen (secondary N) is 1. The van der Waals surface area contributed by atoms with E-state index >= 15 is 0 Å². The minimum atomic E-state index is -3.34. The number of halogens is 1. The summed E-state index contributed by atoms with van der Waals surface area (Å²) in [4.78, 5) is 39.5. The lowest BCUT2D eigenvalue weighted by atomic mass is 10.1. The lowest BCUT2D eigenvalue weighted by Crippen LogP contribution is -2.35. The number of aryl methyl sites for hydroxylation is 3. The molecule has 0 fully saturated rings. The molecule has 15 nitrogen and oxygen atoms in total. The summed E-state index contributed by atoms with van der Waals surface area (Å²) >= 11 is 3.38. The minimum absolute atomic E-state index is 0.0547. The number of fused-ring (bicyclic) bond motifs is 3. The molecule has 2 N–H and O–H groups in total. The maximum absolute atomic E-state index is 12.3. The number of sulfone groups is 3. The number of alkyl halides is 1. The van der Waals surface area contributed by atoms with Crippen LogP contribution in [-0.2, 0) is 57.4 Å². The van der Waals surface area contributed by atoms with E-state index in [1.165, 1.54) is 73.4 Å². The summed E-state index contributed by atoms with van der Waals surface area (Å²) in [5.41, 5.74) is 9.72. The van der Waals surface area contributed by atoms with Crippen molar-refractivity contribution < 1.29 is 54.2 Å². The van der Waals surface area contributed by atoms with E-state index < -0.39 is 53.8 Å². The second-order valence-electron chi connectivity index (χ2n) is 17.5. The van der Waals surface area contributed by atoms with Gasteiger partial charge in [-0.1, -0.05) is 105 Å². The van der Waals surface area contributed by atoms with Crippen molar-refractivity contribution in [1.82, 2.24) is 0 Å². The number of hydrogen-bond acceptors (Lipinski definition) is 15. The highest BCUT2D eigenvalue weighted by molar-refractivity contribution is 9.08. The Bertz CT molecular complexity index is 3150. The molecule has 0 aromatic heterocycles. The number of rotatable bonds is 9. The predicted octanol–water partition coefficient (Wildman–Crippen LogP) is 8.10. The lowest BCUT2D eigenvalue weighted by Gasteiger charge is -2.31. The highest BCUT2D eigenvalue weighted by Crippen LogP contribution is 2.35. The van der Waals surface area contributed by atoms with Gasteiger partial charge in [-0.05, 0) is 92.1 Å².